The molecule has 5 rings (SSSR count). The van der Waals surface area contributed by atoms with Crippen LogP contribution in [-0.2, 0) is 20.7 Å². The van der Waals surface area contributed by atoms with Gasteiger partial charge in [-0.3, -0.25) is 14.5 Å². The SMILES string of the molecule is COC(=O)[C@H]1C(=O)CC[C@H]2CN3CCc4c([nH]c5ccccc45)[C@@H]3C[C@@H]21. The molecule has 5 nitrogen and oxygen atoms in total. The third-order valence-corrected chi connectivity index (χ3v) is 6.83. The van der Waals surface area contributed by atoms with Crippen LogP contribution in [0.5, 0.6) is 0 Å². The van der Waals surface area contributed by atoms with Crippen LogP contribution in [0.3, 0.4) is 0 Å². The molecule has 26 heavy (non-hydrogen) atoms. The zero-order chi connectivity index (χ0) is 17.8. The van der Waals surface area contributed by atoms with Crippen LogP contribution in [0, 0.1) is 17.8 Å². The molecule has 0 radical (unpaired) electrons. The Morgan fingerprint density at radius 2 is 2.12 bits per heavy atom. The number of carbonyl (C=O) groups is 2. The lowest BCUT2D eigenvalue weighted by molar-refractivity contribution is -0.157. The van der Waals surface area contributed by atoms with Crippen molar-refractivity contribution in [1.29, 1.82) is 0 Å². The van der Waals surface area contributed by atoms with Crippen molar-refractivity contribution in [2.24, 2.45) is 17.8 Å². The Morgan fingerprint density at radius 1 is 1.27 bits per heavy atom. The van der Waals surface area contributed by atoms with Gasteiger partial charge < -0.3 is 9.72 Å². The molecular formula is C21H24N2O3. The summed E-state index contributed by atoms with van der Waals surface area (Å²) in [5.41, 5.74) is 3.89. The zero-order valence-electron chi connectivity index (χ0n) is 15.0. The van der Waals surface area contributed by atoms with Gasteiger partial charge in [0.2, 0.25) is 0 Å². The number of nitrogens with zero attached hydrogens (tertiary/aromatic N) is 1. The first-order chi connectivity index (χ1) is 12.7. The first kappa shape index (κ1) is 16.1. The van der Waals surface area contributed by atoms with E-state index < -0.39 is 5.92 Å². The molecule has 1 N–H and O–H groups in total. The fourth-order valence-corrected chi connectivity index (χ4v) is 5.61. The van der Waals surface area contributed by atoms with Crippen LogP contribution >= 0.6 is 0 Å². The van der Waals surface area contributed by atoms with E-state index in [-0.39, 0.29) is 23.7 Å². The second kappa shape index (κ2) is 5.95. The minimum Gasteiger partial charge on any atom is -0.468 e. The summed E-state index contributed by atoms with van der Waals surface area (Å²) >= 11 is 0. The molecule has 5 heteroatoms. The number of methoxy groups -OCH3 is 1. The van der Waals surface area contributed by atoms with E-state index in [4.69, 9.17) is 4.74 Å². The average molecular weight is 352 g/mol. The van der Waals surface area contributed by atoms with E-state index in [0.717, 1.165) is 32.4 Å². The standard InChI is InChI=1S/C21H24N2O3/c1-26-21(25)19-15-10-17-20-14(13-4-2-3-5-16(13)22-20)8-9-23(17)11-12(15)6-7-18(19)24/h2-5,12,15,17,19,22H,6-11H2,1H3/t12-,15-,17-,19+/m0/s1. The number of H-pyrrole nitrogens is 1. The number of fused-ring (bicyclic) bond motifs is 6. The van der Waals surface area contributed by atoms with Gasteiger partial charge in [-0.2, -0.15) is 0 Å². The van der Waals surface area contributed by atoms with E-state index in [1.165, 1.54) is 29.3 Å². The normalized spacial score (nSPS) is 31.2. The van der Waals surface area contributed by atoms with Gasteiger partial charge >= 0.3 is 5.97 Å². The highest BCUT2D eigenvalue weighted by atomic mass is 16.5. The van der Waals surface area contributed by atoms with Gasteiger partial charge in [-0.15, -0.1) is 0 Å². The predicted molar refractivity (Wildman–Crippen MR) is 97.7 cm³/mol. The molecule has 1 saturated carbocycles. The quantitative estimate of drug-likeness (QED) is 0.633. The summed E-state index contributed by atoms with van der Waals surface area (Å²) in [7, 11) is 1.39. The molecular weight excluding hydrogens is 328 g/mol. The molecule has 2 aliphatic heterocycles. The monoisotopic (exact) mass is 352 g/mol. The molecule has 3 heterocycles. The number of esters is 1. The molecule has 1 aromatic heterocycles. The Labute approximate surface area is 152 Å². The fraction of sp³-hybridized carbons (Fsp3) is 0.524. The van der Waals surface area contributed by atoms with Crippen molar-refractivity contribution in [2.45, 2.75) is 31.7 Å². The number of para-hydroxylation sites is 1. The number of benzene rings is 1. The maximum Gasteiger partial charge on any atom is 0.316 e. The number of hydrogen-bond donors (Lipinski definition) is 1. The number of hydrogen-bond acceptors (Lipinski definition) is 4. The van der Waals surface area contributed by atoms with Crippen molar-refractivity contribution < 1.29 is 14.3 Å². The van der Waals surface area contributed by atoms with Crippen LogP contribution in [0.15, 0.2) is 24.3 Å². The second-order valence-corrected chi connectivity index (χ2v) is 7.99. The van der Waals surface area contributed by atoms with E-state index in [1.54, 1.807) is 0 Å². The minimum atomic E-state index is -0.573. The van der Waals surface area contributed by atoms with Crippen molar-refractivity contribution in [3.63, 3.8) is 0 Å². The molecule has 0 spiro atoms. The smallest absolute Gasteiger partial charge is 0.316 e. The van der Waals surface area contributed by atoms with Crippen molar-refractivity contribution >= 4 is 22.7 Å². The molecule has 2 fully saturated rings. The molecule has 4 atom stereocenters. The molecule has 1 saturated heterocycles. The molecule has 1 aromatic carbocycles. The molecule has 0 unspecified atom stereocenters. The summed E-state index contributed by atoms with van der Waals surface area (Å²) in [5.74, 6) is -0.331. The summed E-state index contributed by atoms with van der Waals surface area (Å²) in [4.78, 5) is 31.0. The van der Waals surface area contributed by atoms with E-state index in [0.29, 0.717) is 12.3 Å². The summed E-state index contributed by atoms with van der Waals surface area (Å²) in [5, 5.41) is 1.31. The fourth-order valence-electron chi connectivity index (χ4n) is 5.61. The minimum absolute atomic E-state index is 0.0687. The number of nitrogens with one attached hydrogen (secondary N) is 1. The molecule has 3 aliphatic rings. The van der Waals surface area contributed by atoms with Crippen molar-refractivity contribution in [2.75, 3.05) is 20.2 Å². The Bertz CT molecular complexity index is 879. The van der Waals surface area contributed by atoms with E-state index in [2.05, 4.69) is 34.1 Å². The predicted octanol–water partition coefficient (Wildman–Crippen LogP) is 2.86. The van der Waals surface area contributed by atoms with Crippen LogP contribution in [0.1, 0.15) is 36.6 Å². The van der Waals surface area contributed by atoms with Gasteiger partial charge in [0.05, 0.1) is 13.2 Å². The highest BCUT2D eigenvalue weighted by Crippen LogP contribution is 2.48. The molecule has 1 aliphatic carbocycles. The third kappa shape index (κ3) is 2.26. The summed E-state index contributed by atoms with van der Waals surface area (Å²) in [6.07, 6.45) is 3.33. The summed E-state index contributed by atoms with van der Waals surface area (Å²) in [6.45, 7) is 2.03. The number of Topliss-reactive ketones (excluding diaryl/α,β-unsaturated/α-hetero) is 1. The number of carbonyl (C=O) groups excluding carboxylic acids is 2. The van der Waals surface area contributed by atoms with Crippen molar-refractivity contribution in [3.8, 4) is 0 Å². The van der Waals surface area contributed by atoms with Gasteiger partial charge in [-0.05, 0) is 42.7 Å². The topological polar surface area (TPSA) is 62.4 Å². The van der Waals surface area contributed by atoms with Gasteiger partial charge in [-0.1, -0.05) is 18.2 Å². The van der Waals surface area contributed by atoms with Crippen LogP contribution in [0.25, 0.3) is 10.9 Å². The van der Waals surface area contributed by atoms with Gasteiger partial charge in [0.25, 0.3) is 0 Å². The lowest BCUT2D eigenvalue weighted by atomic mass is 9.65. The first-order valence-electron chi connectivity index (χ1n) is 9.61. The maximum absolute atomic E-state index is 12.5. The number of aromatic amines is 1. The summed E-state index contributed by atoms with van der Waals surface area (Å²) < 4.78 is 4.98. The largest absolute Gasteiger partial charge is 0.468 e. The second-order valence-electron chi connectivity index (χ2n) is 7.99. The van der Waals surface area contributed by atoms with Gasteiger partial charge in [0, 0.05) is 36.1 Å². The van der Waals surface area contributed by atoms with Gasteiger partial charge in [0.15, 0.2) is 0 Å². The molecule has 0 bridgehead atoms. The molecule has 136 valence electrons. The zero-order valence-corrected chi connectivity index (χ0v) is 15.0. The Morgan fingerprint density at radius 3 is 2.96 bits per heavy atom. The highest BCUT2D eigenvalue weighted by Gasteiger charge is 2.49. The van der Waals surface area contributed by atoms with Crippen LogP contribution in [0.4, 0.5) is 0 Å². The van der Waals surface area contributed by atoms with E-state index >= 15 is 0 Å². The Balaban J connectivity index is 1.53. The lowest BCUT2D eigenvalue weighted by Crippen LogP contribution is -2.52. The van der Waals surface area contributed by atoms with E-state index in [1.807, 2.05) is 0 Å². The van der Waals surface area contributed by atoms with Gasteiger partial charge in [-0.25, -0.2) is 0 Å². The maximum atomic E-state index is 12.5. The van der Waals surface area contributed by atoms with Crippen LogP contribution in [-0.4, -0.2) is 41.8 Å². The summed E-state index contributed by atoms with van der Waals surface area (Å²) in [6, 6.07) is 8.74. The molecule has 2 aromatic rings. The van der Waals surface area contributed by atoms with Gasteiger partial charge in [0.1, 0.15) is 11.7 Å². The number of aromatic nitrogens is 1. The van der Waals surface area contributed by atoms with Crippen molar-refractivity contribution in [3.05, 3.63) is 35.5 Å². The van der Waals surface area contributed by atoms with Crippen molar-refractivity contribution in [1.82, 2.24) is 9.88 Å². The van der Waals surface area contributed by atoms with Crippen LogP contribution in [0.2, 0.25) is 0 Å². The number of rotatable bonds is 1. The first-order valence-corrected chi connectivity index (χ1v) is 9.61. The lowest BCUT2D eigenvalue weighted by Gasteiger charge is -2.49. The van der Waals surface area contributed by atoms with E-state index in [9.17, 15) is 9.59 Å². The molecule has 0 amide bonds. The number of ketones is 1. The number of piperidine rings is 1. The Kier molecular flexibility index (Phi) is 3.67. The van der Waals surface area contributed by atoms with Crippen LogP contribution < -0.4 is 0 Å². The number of ether oxygens (including phenoxy) is 1. The highest BCUT2D eigenvalue weighted by molar-refractivity contribution is 6.00. The average Bonchev–Trinajstić information content (AvgIpc) is 3.05. The Hall–Kier alpha value is -2.14. The third-order valence-electron chi connectivity index (χ3n) is 6.83.